The van der Waals surface area contributed by atoms with E-state index in [0.717, 1.165) is 31.6 Å². The van der Waals surface area contributed by atoms with Crippen LogP contribution in [0.3, 0.4) is 0 Å². The number of hydrogen-bond donors (Lipinski definition) is 0. The van der Waals surface area contributed by atoms with Crippen LogP contribution in [0, 0.1) is 11.8 Å². The molecular weight excluding hydrogens is 326 g/mol. The topological polar surface area (TPSA) is 47.2 Å². The van der Waals surface area contributed by atoms with Crippen molar-refractivity contribution in [3.8, 4) is 0 Å². The molecule has 4 rings (SSSR count). The lowest BCUT2D eigenvalue weighted by Crippen LogP contribution is -2.50. The summed E-state index contributed by atoms with van der Waals surface area (Å²) in [5.41, 5.74) is 1.18. The van der Waals surface area contributed by atoms with Gasteiger partial charge < -0.3 is 14.0 Å². The molecule has 2 aliphatic rings. The van der Waals surface area contributed by atoms with E-state index in [1.54, 1.807) is 6.07 Å². The first-order valence-corrected chi connectivity index (χ1v) is 9.64. The van der Waals surface area contributed by atoms with Gasteiger partial charge in [0.1, 0.15) is 6.04 Å². The molecule has 0 aliphatic carbocycles. The van der Waals surface area contributed by atoms with Crippen LogP contribution >= 0.6 is 0 Å². The van der Waals surface area contributed by atoms with Gasteiger partial charge in [0.05, 0.1) is 0 Å². The normalized spacial score (nSPS) is 23.0. The molecule has 0 spiro atoms. The smallest absolute Gasteiger partial charge is 0.250 e. The van der Waals surface area contributed by atoms with Crippen molar-refractivity contribution in [3.63, 3.8) is 0 Å². The van der Waals surface area contributed by atoms with Gasteiger partial charge in [0.25, 0.3) is 5.56 Å². The number of likely N-dealkylation sites (tertiary alicyclic amines) is 1. The molecule has 1 fully saturated rings. The maximum atomic E-state index is 13.4. The van der Waals surface area contributed by atoms with Crippen molar-refractivity contribution in [2.24, 2.45) is 11.8 Å². The Bertz CT molecular complexity index is 837. The highest BCUT2D eigenvalue weighted by Gasteiger charge is 2.38. The quantitative estimate of drug-likeness (QED) is 0.848. The molecule has 0 N–H and O–H groups in total. The van der Waals surface area contributed by atoms with Crippen LogP contribution in [-0.2, 0) is 11.3 Å². The molecule has 138 valence electrons. The Labute approximate surface area is 154 Å². The Morgan fingerprint density at radius 3 is 2.62 bits per heavy atom. The highest BCUT2D eigenvalue weighted by atomic mass is 16.2. The minimum absolute atomic E-state index is 0.0852. The Kier molecular flexibility index (Phi) is 4.47. The second-order valence-corrected chi connectivity index (χ2v) is 8.22. The van der Waals surface area contributed by atoms with Crippen molar-refractivity contribution in [2.45, 2.75) is 45.2 Å². The van der Waals surface area contributed by atoms with E-state index in [1.165, 1.54) is 0 Å². The summed E-state index contributed by atoms with van der Waals surface area (Å²) in [7, 11) is 0. The third kappa shape index (κ3) is 3.11. The van der Waals surface area contributed by atoms with E-state index in [4.69, 9.17) is 0 Å². The number of carbonyl (C=O) groups excluding carboxylic acids is 1. The van der Waals surface area contributed by atoms with Crippen LogP contribution in [-0.4, -0.2) is 33.0 Å². The molecule has 2 aromatic rings. The average Bonchev–Trinajstić information content (AvgIpc) is 3.14. The summed E-state index contributed by atoms with van der Waals surface area (Å²) in [5.74, 6) is 1.31. The van der Waals surface area contributed by atoms with Gasteiger partial charge in [0, 0.05) is 49.7 Å². The van der Waals surface area contributed by atoms with Crippen LogP contribution in [0.1, 0.15) is 44.3 Å². The largest absolute Gasteiger partial charge is 0.342 e. The number of nitrogens with zero attached hydrogens (tertiary/aromatic N) is 3. The highest BCUT2D eigenvalue weighted by molar-refractivity contribution is 5.80. The fourth-order valence-electron chi connectivity index (χ4n) is 4.64. The van der Waals surface area contributed by atoms with Crippen molar-refractivity contribution in [2.75, 3.05) is 13.1 Å². The second-order valence-electron chi connectivity index (χ2n) is 8.22. The third-order valence-electron chi connectivity index (χ3n) is 5.76. The summed E-state index contributed by atoms with van der Waals surface area (Å²) in [6.07, 6.45) is 5.90. The van der Waals surface area contributed by atoms with E-state index in [2.05, 4.69) is 13.8 Å². The molecular formula is C21H27N3O2. The summed E-state index contributed by atoms with van der Waals surface area (Å²) >= 11 is 0. The maximum absolute atomic E-state index is 13.4. The molecule has 2 aliphatic heterocycles. The van der Waals surface area contributed by atoms with Crippen molar-refractivity contribution in [1.82, 2.24) is 14.0 Å². The van der Waals surface area contributed by atoms with Crippen molar-refractivity contribution >= 4 is 5.91 Å². The minimum Gasteiger partial charge on any atom is -0.342 e. The Morgan fingerprint density at radius 2 is 1.88 bits per heavy atom. The van der Waals surface area contributed by atoms with Crippen molar-refractivity contribution in [1.29, 1.82) is 0 Å². The van der Waals surface area contributed by atoms with Gasteiger partial charge in [-0.1, -0.05) is 19.9 Å². The molecule has 0 radical (unpaired) electrons. The van der Waals surface area contributed by atoms with Gasteiger partial charge in [-0.05, 0) is 42.9 Å². The number of fused-ring (bicyclic) bond motifs is 4. The molecule has 5 heteroatoms. The molecule has 26 heavy (non-hydrogen) atoms. The summed E-state index contributed by atoms with van der Waals surface area (Å²) < 4.78 is 3.96. The van der Waals surface area contributed by atoms with E-state index in [1.807, 2.05) is 50.7 Å². The SMILES string of the molecule is CC(C)CC(C(=O)N1CC2CC(C1)c1cccc(=O)n1C2)n1cccc1. The minimum atomic E-state index is -0.137. The second kappa shape index (κ2) is 6.78. The van der Waals surface area contributed by atoms with Gasteiger partial charge in [-0.2, -0.15) is 0 Å². The number of aromatic nitrogens is 2. The Balaban J connectivity index is 1.59. The first-order valence-electron chi connectivity index (χ1n) is 9.64. The Morgan fingerprint density at radius 1 is 1.12 bits per heavy atom. The molecule has 3 atom stereocenters. The maximum Gasteiger partial charge on any atom is 0.250 e. The van der Waals surface area contributed by atoms with Gasteiger partial charge in [-0.25, -0.2) is 0 Å². The predicted octanol–water partition coefficient (Wildman–Crippen LogP) is 2.88. The number of carbonyl (C=O) groups is 1. The number of rotatable bonds is 4. The fraction of sp³-hybridized carbons (Fsp3) is 0.524. The summed E-state index contributed by atoms with van der Waals surface area (Å²) in [4.78, 5) is 27.6. The molecule has 4 heterocycles. The zero-order chi connectivity index (χ0) is 18.3. The third-order valence-corrected chi connectivity index (χ3v) is 5.76. The van der Waals surface area contributed by atoms with Crippen molar-refractivity contribution < 1.29 is 4.79 Å². The van der Waals surface area contributed by atoms with E-state index in [0.29, 0.717) is 18.4 Å². The zero-order valence-electron chi connectivity index (χ0n) is 15.5. The van der Waals surface area contributed by atoms with E-state index in [-0.39, 0.29) is 23.4 Å². The average molecular weight is 353 g/mol. The Hall–Kier alpha value is -2.30. The van der Waals surface area contributed by atoms with Gasteiger partial charge in [0.15, 0.2) is 0 Å². The summed E-state index contributed by atoms with van der Waals surface area (Å²) in [5, 5.41) is 0. The first-order chi connectivity index (χ1) is 12.5. The number of hydrogen-bond acceptors (Lipinski definition) is 2. The highest BCUT2D eigenvalue weighted by Crippen LogP contribution is 2.36. The van der Waals surface area contributed by atoms with Crippen LogP contribution < -0.4 is 5.56 Å². The lowest BCUT2D eigenvalue weighted by atomic mass is 9.82. The van der Waals surface area contributed by atoms with E-state index < -0.39 is 0 Å². The van der Waals surface area contributed by atoms with Crippen LogP contribution in [0.2, 0.25) is 0 Å². The number of amides is 1. The van der Waals surface area contributed by atoms with Gasteiger partial charge >= 0.3 is 0 Å². The summed E-state index contributed by atoms with van der Waals surface area (Å²) in [6.45, 7) is 6.53. The first kappa shape index (κ1) is 17.1. The number of piperidine rings is 1. The molecule has 5 nitrogen and oxygen atoms in total. The van der Waals surface area contributed by atoms with Crippen molar-refractivity contribution in [3.05, 3.63) is 58.8 Å². The van der Waals surface area contributed by atoms with E-state index in [9.17, 15) is 9.59 Å². The monoisotopic (exact) mass is 353 g/mol. The zero-order valence-corrected chi connectivity index (χ0v) is 15.5. The fourth-order valence-corrected chi connectivity index (χ4v) is 4.64. The van der Waals surface area contributed by atoms with Gasteiger partial charge in [-0.3, -0.25) is 9.59 Å². The summed E-state index contributed by atoms with van der Waals surface area (Å²) in [6, 6.07) is 9.35. The van der Waals surface area contributed by atoms with Gasteiger partial charge in [-0.15, -0.1) is 0 Å². The molecule has 2 aromatic heterocycles. The lowest BCUT2D eigenvalue weighted by Gasteiger charge is -2.43. The van der Waals surface area contributed by atoms with Crippen LogP contribution in [0.5, 0.6) is 0 Å². The molecule has 1 amide bonds. The standard InChI is InChI=1S/C21H27N3O2/c1-15(2)10-19(22-8-3-4-9-22)21(26)23-12-16-11-17(14-23)18-6-5-7-20(25)24(18)13-16/h3-9,15-17,19H,10-14H2,1-2H3. The molecule has 2 bridgehead atoms. The van der Waals surface area contributed by atoms with Crippen LogP contribution in [0.25, 0.3) is 0 Å². The molecule has 0 saturated carbocycles. The predicted molar refractivity (Wildman–Crippen MR) is 101 cm³/mol. The van der Waals surface area contributed by atoms with E-state index >= 15 is 0 Å². The van der Waals surface area contributed by atoms with Gasteiger partial charge in [0.2, 0.25) is 5.91 Å². The number of pyridine rings is 1. The van der Waals surface area contributed by atoms with Crippen LogP contribution in [0.4, 0.5) is 0 Å². The molecule has 1 saturated heterocycles. The lowest BCUT2D eigenvalue weighted by molar-refractivity contribution is -0.138. The molecule has 3 unspecified atom stereocenters. The van der Waals surface area contributed by atoms with Crippen LogP contribution in [0.15, 0.2) is 47.5 Å². The molecule has 0 aromatic carbocycles.